The summed E-state index contributed by atoms with van der Waals surface area (Å²) in [5.74, 6) is 0.0355. The van der Waals surface area contributed by atoms with Crippen LogP contribution in [0.2, 0.25) is 0 Å². The third kappa shape index (κ3) is 3.61. The van der Waals surface area contributed by atoms with Crippen molar-refractivity contribution in [3.05, 3.63) is 24.3 Å². The maximum atomic E-state index is 10.9. The van der Waals surface area contributed by atoms with Gasteiger partial charge in [0.15, 0.2) is 0 Å². The highest BCUT2D eigenvalue weighted by Gasteiger charge is 2.38. The Balaban J connectivity index is 2.00. The third-order valence-corrected chi connectivity index (χ3v) is 3.05. The van der Waals surface area contributed by atoms with E-state index in [1.54, 1.807) is 0 Å². The van der Waals surface area contributed by atoms with Crippen molar-refractivity contribution < 1.29 is 14.6 Å². The quantitative estimate of drug-likeness (QED) is 0.729. The van der Waals surface area contributed by atoms with Gasteiger partial charge in [0.1, 0.15) is 5.75 Å². The molecule has 0 spiro atoms. The molecule has 1 aliphatic heterocycles. The summed E-state index contributed by atoms with van der Waals surface area (Å²) in [6, 6.07) is 7.62. The zero-order chi connectivity index (χ0) is 13.9. The minimum Gasteiger partial charge on any atom is -0.491 e. The first-order valence-electron chi connectivity index (χ1n) is 6.46. The van der Waals surface area contributed by atoms with Crippen molar-refractivity contribution in [1.82, 2.24) is 5.32 Å². The Hall–Kier alpha value is -1.75. The van der Waals surface area contributed by atoms with Gasteiger partial charge in [-0.25, -0.2) is 0 Å². The van der Waals surface area contributed by atoms with Crippen LogP contribution < -0.4 is 15.4 Å². The van der Waals surface area contributed by atoms with Gasteiger partial charge < -0.3 is 20.5 Å². The Kier molecular flexibility index (Phi) is 3.95. The SMILES string of the molecule is CC(C)Oc1ccc(NC2(CC(=O)O)CNC2)cc1. The standard InChI is InChI=1S/C14H20N2O3/c1-10(2)19-12-5-3-11(4-6-12)16-14(7-13(17)18)8-15-9-14/h3-6,10,15-16H,7-9H2,1-2H3,(H,17,18). The van der Waals surface area contributed by atoms with Crippen LogP contribution in [0.1, 0.15) is 20.3 Å². The molecule has 1 aromatic carbocycles. The fraction of sp³-hybridized carbons (Fsp3) is 0.500. The molecule has 0 saturated carbocycles. The molecule has 0 bridgehead atoms. The van der Waals surface area contributed by atoms with Crippen molar-refractivity contribution in [1.29, 1.82) is 0 Å². The zero-order valence-electron chi connectivity index (χ0n) is 11.3. The Bertz CT molecular complexity index is 439. The lowest BCUT2D eigenvalue weighted by atomic mass is 9.88. The normalized spacial score (nSPS) is 16.8. The lowest BCUT2D eigenvalue weighted by Gasteiger charge is -2.43. The van der Waals surface area contributed by atoms with Gasteiger partial charge in [0, 0.05) is 18.8 Å². The van der Waals surface area contributed by atoms with Crippen molar-refractivity contribution in [3.8, 4) is 5.75 Å². The molecular formula is C14H20N2O3. The van der Waals surface area contributed by atoms with Gasteiger partial charge in [-0.15, -0.1) is 0 Å². The van der Waals surface area contributed by atoms with Gasteiger partial charge in [-0.1, -0.05) is 0 Å². The van der Waals surface area contributed by atoms with Crippen molar-refractivity contribution in [2.24, 2.45) is 0 Å². The Morgan fingerprint density at radius 3 is 2.47 bits per heavy atom. The lowest BCUT2D eigenvalue weighted by Crippen LogP contribution is -2.65. The van der Waals surface area contributed by atoms with E-state index in [1.165, 1.54) is 0 Å². The van der Waals surface area contributed by atoms with Crippen molar-refractivity contribution in [2.75, 3.05) is 18.4 Å². The predicted molar refractivity (Wildman–Crippen MR) is 73.7 cm³/mol. The van der Waals surface area contributed by atoms with Gasteiger partial charge in [0.05, 0.1) is 18.1 Å². The molecule has 1 aromatic rings. The summed E-state index contributed by atoms with van der Waals surface area (Å²) in [4.78, 5) is 10.9. The number of carboxylic acid groups (broad SMARTS) is 1. The fourth-order valence-corrected chi connectivity index (χ4v) is 2.17. The van der Waals surface area contributed by atoms with E-state index < -0.39 is 5.97 Å². The number of anilines is 1. The van der Waals surface area contributed by atoms with Crippen molar-refractivity contribution in [3.63, 3.8) is 0 Å². The van der Waals surface area contributed by atoms with Crippen molar-refractivity contribution in [2.45, 2.75) is 31.9 Å². The number of hydrogen-bond acceptors (Lipinski definition) is 4. The highest BCUT2D eigenvalue weighted by Crippen LogP contribution is 2.25. The summed E-state index contributed by atoms with van der Waals surface area (Å²) in [6.07, 6.45) is 0.262. The molecule has 5 nitrogen and oxygen atoms in total. The summed E-state index contributed by atoms with van der Waals surface area (Å²) in [6.45, 7) is 5.30. The molecule has 19 heavy (non-hydrogen) atoms. The molecule has 0 aromatic heterocycles. The second-order valence-corrected chi connectivity index (χ2v) is 5.27. The van der Waals surface area contributed by atoms with Gasteiger partial charge in [-0.3, -0.25) is 4.79 Å². The smallest absolute Gasteiger partial charge is 0.305 e. The number of carbonyl (C=O) groups is 1. The van der Waals surface area contributed by atoms with Crippen molar-refractivity contribution >= 4 is 11.7 Å². The molecule has 1 fully saturated rings. The van der Waals surface area contributed by atoms with E-state index in [-0.39, 0.29) is 18.1 Å². The highest BCUT2D eigenvalue weighted by molar-refractivity contribution is 5.70. The minimum absolute atomic E-state index is 0.115. The summed E-state index contributed by atoms with van der Waals surface area (Å²) in [5.41, 5.74) is 0.547. The van der Waals surface area contributed by atoms with Crippen LogP contribution in [0.5, 0.6) is 5.75 Å². The number of hydrogen-bond donors (Lipinski definition) is 3. The molecule has 104 valence electrons. The maximum absolute atomic E-state index is 10.9. The number of carboxylic acids is 1. The van der Waals surface area contributed by atoms with E-state index in [0.717, 1.165) is 11.4 Å². The van der Waals surface area contributed by atoms with Gasteiger partial charge in [0.25, 0.3) is 0 Å². The molecule has 0 radical (unpaired) electrons. The minimum atomic E-state index is -0.784. The monoisotopic (exact) mass is 264 g/mol. The van der Waals surface area contributed by atoms with E-state index in [4.69, 9.17) is 9.84 Å². The number of rotatable bonds is 6. The first kappa shape index (κ1) is 13.7. The number of nitrogens with one attached hydrogen (secondary N) is 2. The summed E-state index contributed by atoms with van der Waals surface area (Å²) in [5, 5.41) is 15.4. The van der Waals surface area contributed by atoms with E-state index >= 15 is 0 Å². The molecule has 0 unspecified atom stereocenters. The number of aliphatic carboxylic acids is 1. The Labute approximate surface area is 113 Å². The van der Waals surface area contributed by atoms with Crippen LogP contribution in [0.15, 0.2) is 24.3 Å². The van der Waals surface area contributed by atoms with Crippen LogP contribution in [0.3, 0.4) is 0 Å². The average molecular weight is 264 g/mol. The molecule has 1 aliphatic rings. The van der Waals surface area contributed by atoms with Gasteiger partial charge in [0.2, 0.25) is 0 Å². The Morgan fingerprint density at radius 1 is 1.42 bits per heavy atom. The molecule has 2 rings (SSSR count). The topological polar surface area (TPSA) is 70.6 Å². The predicted octanol–water partition coefficient (Wildman–Crippen LogP) is 1.70. The second kappa shape index (κ2) is 5.48. The maximum Gasteiger partial charge on any atom is 0.305 e. The van der Waals surface area contributed by atoms with Gasteiger partial charge in [-0.05, 0) is 38.1 Å². The molecule has 1 saturated heterocycles. The molecule has 5 heteroatoms. The van der Waals surface area contributed by atoms with E-state index in [1.807, 2.05) is 38.1 Å². The lowest BCUT2D eigenvalue weighted by molar-refractivity contribution is -0.138. The molecule has 1 heterocycles. The fourth-order valence-electron chi connectivity index (χ4n) is 2.17. The van der Waals surface area contributed by atoms with Crippen LogP contribution in [0.4, 0.5) is 5.69 Å². The number of ether oxygens (including phenoxy) is 1. The second-order valence-electron chi connectivity index (χ2n) is 5.27. The molecule has 0 amide bonds. The van der Waals surface area contributed by atoms with E-state index in [9.17, 15) is 4.79 Å². The van der Waals surface area contributed by atoms with Gasteiger partial charge in [-0.2, -0.15) is 0 Å². The van der Waals surface area contributed by atoms with Crippen LogP contribution in [0, 0.1) is 0 Å². The van der Waals surface area contributed by atoms with Crippen LogP contribution >= 0.6 is 0 Å². The summed E-state index contributed by atoms with van der Waals surface area (Å²) in [7, 11) is 0. The van der Waals surface area contributed by atoms with Crippen LogP contribution in [-0.4, -0.2) is 35.8 Å². The average Bonchev–Trinajstić information content (AvgIpc) is 2.27. The van der Waals surface area contributed by atoms with E-state index in [0.29, 0.717) is 13.1 Å². The summed E-state index contributed by atoms with van der Waals surface area (Å²) < 4.78 is 5.57. The zero-order valence-corrected chi connectivity index (χ0v) is 11.3. The van der Waals surface area contributed by atoms with Crippen LogP contribution in [-0.2, 0) is 4.79 Å². The molecular weight excluding hydrogens is 244 g/mol. The molecule has 0 atom stereocenters. The van der Waals surface area contributed by atoms with Gasteiger partial charge >= 0.3 is 5.97 Å². The largest absolute Gasteiger partial charge is 0.491 e. The molecule has 3 N–H and O–H groups in total. The summed E-state index contributed by atoms with van der Waals surface area (Å²) >= 11 is 0. The first-order chi connectivity index (χ1) is 8.99. The third-order valence-electron chi connectivity index (χ3n) is 3.05. The first-order valence-corrected chi connectivity index (χ1v) is 6.46. The molecule has 0 aliphatic carbocycles. The number of benzene rings is 1. The highest BCUT2D eigenvalue weighted by atomic mass is 16.5. The van der Waals surface area contributed by atoms with E-state index in [2.05, 4.69) is 10.6 Å². The Morgan fingerprint density at radius 2 is 2.05 bits per heavy atom. The van der Waals surface area contributed by atoms with Crippen LogP contribution in [0.25, 0.3) is 0 Å².